The Hall–Kier alpha value is -3.34. The van der Waals surface area contributed by atoms with Gasteiger partial charge in [-0.2, -0.15) is 13.2 Å². The number of pyridine rings is 2. The highest BCUT2D eigenvalue weighted by Crippen LogP contribution is 2.40. The highest BCUT2D eigenvalue weighted by atomic mass is 19.4. The molecule has 0 saturated carbocycles. The van der Waals surface area contributed by atoms with Gasteiger partial charge in [-0.05, 0) is 38.0 Å². The minimum absolute atomic E-state index is 0.00808. The number of nitrogens with zero attached hydrogens (tertiary/aromatic N) is 5. The van der Waals surface area contributed by atoms with Crippen LogP contribution in [0.4, 0.5) is 24.7 Å². The minimum Gasteiger partial charge on any atom is -0.495 e. The largest absolute Gasteiger partial charge is 0.495 e. The summed E-state index contributed by atoms with van der Waals surface area (Å²) >= 11 is 0. The minimum atomic E-state index is -4.65. The van der Waals surface area contributed by atoms with Crippen molar-refractivity contribution < 1.29 is 17.9 Å². The molecule has 8 nitrogen and oxygen atoms in total. The number of halogens is 3. The van der Waals surface area contributed by atoms with E-state index < -0.39 is 11.7 Å². The highest BCUT2D eigenvalue weighted by Gasteiger charge is 2.38. The van der Waals surface area contributed by atoms with Crippen LogP contribution in [-0.2, 0) is 6.18 Å². The zero-order chi connectivity index (χ0) is 23.8. The standard InChI is InChI=1S/C22H26F3N7O/c1-21(27)5-8-31(9-6-21)16-4-3-7-28-20(16)32-13-18(26)29-12-17(32)19-15(22(23,24)25)10-14(33-2)11-30-19/h3-4,7,10-12H,5-6,8-9,13,27H2,1-2H3,(H2,26,29). The molecule has 0 spiro atoms. The van der Waals surface area contributed by atoms with Crippen molar-refractivity contribution in [3.8, 4) is 5.75 Å². The molecule has 0 radical (unpaired) electrons. The molecule has 4 rings (SSSR count). The van der Waals surface area contributed by atoms with Crippen LogP contribution in [0, 0.1) is 0 Å². The summed E-state index contributed by atoms with van der Waals surface area (Å²) < 4.78 is 46.8. The number of amidine groups is 1. The van der Waals surface area contributed by atoms with Crippen LogP contribution in [0.2, 0.25) is 0 Å². The Labute approximate surface area is 189 Å². The van der Waals surface area contributed by atoms with Gasteiger partial charge in [0.2, 0.25) is 0 Å². The molecule has 0 atom stereocenters. The second-order valence-electron chi connectivity index (χ2n) is 8.48. The molecule has 2 aromatic heterocycles. The molecule has 4 heterocycles. The average molecular weight is 461 g/mol. The number of methoxy groups -OCH3 is 1. The van der Waals surface area contributed by atoms with Crippen LogP contribution in [-0.4, -0.2) is 48.1 Å². The first kappa shape index (κ1) is 22.8. The Kier molecular flexibility index (Phi) is 5.91. The van der Waals surface area contributed by atoms with Crippen LogP contribution in [0.25, 0.3) is 5.70 Å². The van der Waals surface area contributed by atoms with E-state index in [9.17, 15) is 13.2 Å². The van der Waals surface area contributed by atoms with Gasteiger partial charge in [0.25, 0.3) is 0 Å². The van der Waals surface area contributed by atoms with Gasteiger partial charge < -0.3 is 26.0 Å². The molecule has 2 aromatic rings. The molecule has 0 aromatic carbocycles. The summed E-state index contributed by atoms with van der Waals surface area (Å²) in [6, 6.07) is 4.62. The van der Waals surface area contributed by atoms with E-state index in [1.807, 2.05) is 13.0 Å². The fraction of sp³-hybridized carbons (Fsp3) is 0.409. The summed E-state index contributed by atoms with van der Waals surface area (Å²) in [5, 5.41) is 0. The van der Waals surface area contributed by atoms with Crippen molar-refractivity contribution in [2.24, 2.45) is 16.5 Å². The molecular weight excluding hydrogens is 435 g/mol. The van der Waals surface area contributed by atoms with Crippen molar-refractivity contribution >= 4 is 23.0 Å². The molecule has 33 heavy (non-hydrogen) atoms. The summed E-state index contributed by atoms with van der Waals surface area (Å²) in [5.41, 5.74) is 11.7. The molecular formula is C22H26F3N7O. The third kappa shape index (κ3) is 4.72. The zero-order valence-electron chi connectivity index (χ0n) is 18.4. The third-order valence-corrected chi connectivity index (χ3v) is 5.88. The second-order valence-corrected chi connectivity index (χ2v) is 8.48. The number of piperidine rings is 1. The summed E-state index contributed by atoms with van der Waals surface area (Å²) in [4.78, 5) is 16.4. The molecule has 1 fully saturated rings. The molecule has 0 aliphatic carbocycles. The third-order valence-electron chi connectivity index (χ3n) is 5.88. The number of ether oxygens (including phenoxy) is 1. The van der Waals surface area contributed by atoms with Crippen LogP contribution in [0.1, 0.15) is 31.0 Å². The van der Waals surface area contributed by atoms with Crippen molar-refractivity contribution in [2.45, 2.75) is 31.5 Å². The van der Waals surface area contributed by atoms with Gasteiger partial charge in [-0.25, -0.2) is 9.98 Å². The van der Waals surface area contributed by atoms with Crippen molar-refractivity contribution in [3.63, 3.8) is 0 Å². The first-order valence-corrected chi connectivity index (χ1v) is 10.5. The lowest BCUT2D eigenvalue weighted by Crippen LogP contribution is -2.48. The summed E-state index contributed by atoms with van der Waals surface area (Å²) in [6.45, 7) is 3.50. The van der Waals surface area contributed by atoms with Gasteiger partial charge in [0.15, 0.2) is 5.82 Å². The van der Waals surface area contributed by atoms with Crippen molar-refractivity contribution in [1.29, 1.82) is 0 Å². The van der Waals surface area contributed by atoms with Gasteiger partial charge in [-0.15, -0.1) is 0 Å². The topological polar surface area (TPSA) is 106 Å². The van der Waals surface area contributed by atoms with E-state index in [1.165, 1.54) is 19.5 Å². The predicted molar refractivity (Wildman–Crippen MR) is 121 cm³/mol. The predicted octanol–water partition coefficient (Wildman–Crippen LogP) is 3.00. The molecule has 176 valence electrons. The Bertz CT molecular complexity index is 1090. The number of aromatic nitrogens is 2. The van der Waals surface area contributed by atoms with E-state index in [0.29, 0.717) is 18.9 Å². The van der Waals surface area contributed by atoms with Crippen LogP contribution in [0.3, 0.4) is 0 Å². The molecule has 0 bridgehead atoms. The fourth-order valence-electron chi connectivity index (χ4n) is 3.96. The van der Waals surface area contributed by atoms with E-state index in [4.69, 9.17) is 16.2 Å². The van der Waals surface area contributed by atoms with E-state index in [0.717, 1.165) is 24.6 Å². The number of alkyl halides is 3. The maximum Gasteiger partial charge on any atom is 0.418 e. The van der Waals surface area contributed by atoms with E-state index >= 15 is 0 Å². The number of anilines is 2. The average Bonchev–Trinajstić information content (AvgIpc) is 2.78. The number of nitrogens with two attached hydrogens (primary N) is 2. The highest BCUT2D eigenvalue weighted by molar-refractivity contribution is 5.96. The molecule has 2 aliphatic heterocycles. The number of hydrogen-bond acceptors (Lipinski definition) is 8. The van der Waals surface area contributed by atoms with Crippen molar-refractivity contribution in [2.75, 3.05) is 36.5 Å². The van der Waals surface area contributed by atoms with E-state index in [-0.39, 0.29) is 35.1 Å². The van der Waals surface area contributed by atoms with Crippen LogP contribution in [0.5, 0.6) is 5.75 Å². The lowest BCUT2D eigenvalue weighted by atomic mass is 9.91. The fourth-order valence-corrected chi connectivity index (χ4v) is 3.96. The molecule has 11 heteroatoms. The van der Waals surface area contributed by atoms with Gasteiger partial charge in [0.05, 0.1) is 43.0 Å². The lowest BCUT2D eigenvalue weighted by Gasteiger charge is -2.40. The Morgan fingerprint density at radius 2 is 1.91 bits per heavy atom. The number of hydrogen-bond donors (Lipinski definition) is 2. The SMILES string of the molecule is COc1cnc(C2=CN=C(N)CN2c2ncccc2N2CCC(C)(N)CC2)c(C(F)(F)F)c1. The van der Waals surface area contributed by atoms with Crippen molar-refractivity contribution in [1.82, 2.24) is 9.97 Å². The quantitative estimate of drug-likeness (QED) is 0.721. The number of rotatable bonds is 4. The summed E-state index contributed by atoms with van der Waals surface area (Å²) in [5.74, 6) is 0.743. The molecule has 1 saturated heterocycles. The normalized spacial score (nSPS) is 18.6. The maximum absolute atomic E-state index is 13.9. The number of aliphatic imine (C=N–C) groups is 1. The first-order valence-electron chi connectivity index (χ1n) is 10.5. The zero-order valence-corrected chi connectivity index (χ0v) is 18.4. The second kappa shape index (κ2) is 8.54. The molecule has 4 N–H and O–H groups in total. The summed E-state index contributed by atoms with van der Waals surface area (Å²) in [6.07, 6.45) is 1.06. The summed E-state index contributed by atoms with van der Waals surface area (Å²) in [7, 11) is 1.29. The molecule has 0 unspecified atom stereocenters. The van der Waals surface area contributed by atoms with Crippen LogP contribution >= 0.6 is 0 Å². The Morgan fingerprint density at radius 1 is 1.18 bits per heavy atom. The maximum atomic E-state index is 13.9. The Balaban J connectivity index is 1.79. The van der Waals surface area contributed by atoms with E-state index in [1.54, 1.807) is 17.2 Å². The Morgan fingerprint density at radius 3 is 2.58 bits per heavy atom. The monoisotopic (exact) mass is 461 g/mol. The molecule has 2 aliphatic rings. The van der Waals surface area contributed by atoms with E-state index in [2.05, 4.69) is 19.9 Å². The van der Waals surface area contributed by atoms with Crippen LogP contribution < -0.4 is 26.0 Å². The molecule has 0 amide bonds. The van der Waals surface area contributed by atoms with Gasteiger partial charge in [0, 0.05) is 24.8 Å². The van der Waals surface area contributed by atoms with Gasteiger partial charge in [-0.3, -0.25) is 4.98 Å². The smallest absolute Gasteiger partial charge is 0.418 e. The lowest BCUT2D eigenvalue weighted by molar-refractivity contribution is -0.138. The van der Waals surface area contributed by atoms with Gasteiger partial charge in [0.1, 0.15) is 17.3 Å². The van der Waals surface area contributed by atoms with Gasteiger partial charge >= 0.3 is 6.18 Å². The van der Waals surface area contributed by atoms with Gasteiger partial charge in [-0.1, -0.05) is 0 Å². The van der Waals surface area contributed by atoms with Crippen molar-refractivity contribution in [3.05, 3.63) is 48.1 Å². The first-order chi connectivity index (χ1) is 15.6. The van der Waals surface area contributed by atoms with Crippen LogP contribution in [0.15, 0.2) is 41.8 Å².